The second-order valence-corrected chi connectivity index (χ2v) is 4.90. The third kappa shape index (κ3) is 14.3. The van der Waals surface area contributed by atoms with E-state index in [1.165, 1.54) is 25.0 Å². The molecule has 0 aliphatic heterocycles. The molecular formula is C20H26O4. The van der Waals surface area contributed by atoms with Crippen LogP contribution in [0, 0.1) is 0 Å². The fraction of sp³-hybridized carbons (Fsp3) is 0.300. The number of unbranched alkanes of at least 4 members (excludes halogenated alkanes) is 3. The number of carboxylic acid groups (broad SMARTS) is 1. The summed E-state index contributed by atoms with van der Waals surface area (Å²) in [6, 6.07) is 9.70. The van der Waals surface area contributed by atoms with Crippen LogP contribution in [0.2, 0.25) is 0 Å². The largest absolute Gasteiger partial charge is 0.478 e. The highest BCUT2D eigenvalue weighted by molar-refractivity contribution is 5.81. The number of aliphatic carboxylic acids is 1. The zero-order valence-electron chi connectivity index (χ0n) is 14.2. The number of hydrogen-bond donors (Lipinski definition) is 1. The van der Waals surface area contributed by atoms with E-state index >= 15 is 0 Å². The number of carboxylic acids is 1. The zero-order valence-corrected chi connectivity index (χ0v) is 14.2. The summed E-state index contributed by atoms with van der Waals surface area (Å²) in [5.41, 5.74) is 1.05. The van der Waals surface area contributed by atoms with Crippen molar-refractivity contribution in [1.82, 2.24) is 0 Å². The monoisotopic (exact) mass is 330 g/mol. The van der Waals surface area contributed by atoms with Crippen LogP contribution in [-0.4, -0.2) is 23.7 Å². The predicted octanol–water partition coefficient (Wildman–Crippen LogP) is 4.64. The van der Waals surface area contributed by atoms with E-state index in [9.17, 15) is 9.59 Å². The standard InChI is InChI=1S/C11H10O2.C9H16O2/c12-11(13)9-5-4-8-10-6-2-1-3-7-10;1-3-5-6-7-8-11-9(10)4-2/h1-9H,(H,12,13);4H,2-3,5-8H2,1H3. The van der Waals surface area contributed by atoms with Gasteiger partial charge in [-0.25, -0.2) is 9.59 Å². The van der Waals surface area contributed by atoms with Crippen LogP contribution in [0.25, 0.3) is 6.08 Å². The van der Waals surface area contributed by atoms with Crippen molar-refractivity contribution in [3.63, 3.8) is 0 Å². The lowest BCUT2D eigenvalue weighted by molar-refractivity contribution is -0.138. The number of allylic oxidation sites excluding steroid dienone is 2. The molecule has 0 aromatic heterocycles. The van der Waals surface area contributed by atoms with Crippen LogP contribution in [0.15, 0.2) is 61.2 Å². The van der Waals surface area contributed by atoms with Gasteiger partial charge in [0.15, 0.2) is 0 Å². The Bertz CT molecular complexity index is 530. The van der Waals surface area contributed by atoms with Crippen LogP contribution in [0.1, 0.15) is 38.2 Å². The van der Waals surface area contributed by atoms with Gasteiger partial charge in [0.1, 0.15) is 0 Å². The van der Waals surface area contributed by atoms with Crippen LogP contribution < -0.4 is 0 Å². The minimum absolute atomic E-state index is 0.318. The molecule has 1 N–H and O–H groups in total. The highest BCUT2D eigenvalue weighted by Crippen LogP contribution is 2.00. The fourth-order valence-corrected chi connectivity index (χ4v) is 1.63. The van der Waals surface area contributed by atoms with Gasteiger partial charge in [0.25, 0.3) is 0 Å². The Morgan fingerprint density at radius 1 is 1.12 bits per heavy atom. The molecule has 0 spiro atoms. The third-order valence-corrected chi connectivity index (χ3v) is 2.85. The highest BCUT2D eigenvalue weighted by Gasteiger charge is 1.93. The molecule has 0 unspecified atom stereocenters. The number of esters is 1. The SMILES string of the molecule is C=CC(=O)OCCCCCC.O=C(O)C=CC=Cc1ccccc1. The number of carbonyl (C=O) groups excluding carboxylic acids is 1. The molecule has 0 radical (unpaired) electrons. The average Bonchev–Trinajstić information content (AvgIpc) is 2.59. The summed E-state index contributed by atoms with van der Waals surface area (Å²) in [6.07, 6.45) is 11.9. The molecule has 130 valence electrons. The van der Waals surface area contributed by atoms with E-state index in [4.69, 9.17) is 9.84 Å². The molecule has 24 heavy (non-hydrogen) atoms. The maximum Gasteiger partial charge on any atom is 0.330 e. The maximum atomic E-state index is 10.5. The smallest absolute Gasteiger partial charge is 0.330 e. The van der Waals surface area contributed by atoms with Crippen molar-refractivity contribution in [3.8, 4) is 0 Å². The Hall–Kier alpha value is -2.62. The summed E-state index contributed by atoms with van der Waals surface area (Å²) in [5, 5.41) is 8.29. The second kappa shape index (κ2) is 15.3. The second-order valence-electron chi connectivity index (χ2n) is 4.90. The van der Waals surface area contributed by atoms with Crippen LogP contribution in [0.3, 0.4) is 0 Å². The van der Waals surface area contributed by atoms with E-state index in [0.29, 0.717) is 6.61 Å². The van der Waals surface area contributed by atoms with E-state index in [-0.39, 0.29) is 5.97 Å². The maximum absolute atomic E-state index is 10.5. The number of carbonyl (C=O) groups is 2. The third-order valence-electron chi connectivity index (χ3n) is 2.85. The van der Waals surface area contributed by atoms with Crippen molar-refractivity contribution < 1.29 is 19.4 Å². The topological polar surface area (TPSA) is 63.6 Å². The Morgan fingerprint density at radius 2 is 1.83 bits per heavy atom. The molecule has 4 nitrogen and oxygen atoms in total. The van der Waals surface area contributed by atoms with E-state index in [0.717, 1.165) is 24.5 Å². The van der Waals surface area contributed by atoms with E-state index in [1.807, 2.05) is 36.4 Å². The lowest BCUT2D eigenvalue weighted by Gasteiger charge is -1.99. The number of rotatable bonds is 9. The Morgan fingerprint density at radius 3 is 2.42 bits per heavy atom. The molecule has 0 amide bonds. The summed E-state index contributed by atoms with van der Waals surface area (Å²) >= 11 is 0. The first kappa shape index (κ1) is 21.4. The van der Waals surface area contributed by atoms with Crippen molar-refractivity contribution in [2.75, 3.05) is 6.61 Å². The minimum Gasteiger partial charge on any atom is -0.478 e. The zero-order chi connectivity index (χ0) is 18.0. The molecule has 1 aromatic carbocycles. The summed E-state index contributed by atoms with van der Waals surface area (Å²) in [7, 11) is 0. The average molecular weight is 330 g/mol. The minimum atomic E-state index is -0.933. The van der Waals surface area contributed by atoms with Crippen LogP contribution in [0.4, 0.5) is 0 Å². The van der Waals surface area contributed by atoms with Gasteiger partial charge in [-0.05, 0) is 12.0 Å². The molecule has 0 heterocycles. The molecule has 0 fully saturated rings. The summed E-state index contributed by atoms with van der Waals surface area (Å²) < 4.78 is 4.78. The van der Waals surface area contributed by atoms with Crippen LogP contribution in [-0.2, 0) is 14.3 Å². The molecule has 0 saturated heterocycles. The van der Waals surface area contributed by atoms with Gasteiger partial charge in [-0.2, -0.15) is 0 Å². The van der Waals surface area contributed by atoms with Gasteiger partial charge < -0.3 is 9.84 Å². The first-order chi connectivity index (χ1) is 11.6. The first-order valence-electron chi connectivity index (χ1n) is 8.02. The number of benzene rings is 1. The molecule has 1 rings (SSSR count). The Labute approximate surface area is 144 Å². The number of hydrogen-bond acceptors (Lipinski definition) is 3. The summed E-state index contributed by atoms with van der Waals surface area (Å²) in [5.74, 6) is -1.25. The van der Waals surface area contributed by atoms with Crippen molar-refractivity contribution in [3.05, 3.63) is 66.8 Å². The number of ether oxygens (including phenoxy) is 1. The highest BCUT2D eigenvalue weighted by atomic mass is 16.5. The first-order valence-corrected chi connectivity index (χ1v) is 8.02. The van der Waals surface area contributed by atoms with E-state index in [1.54, 1.807) is 6.08 Å². The van der Waals surface area contributed by atoms with Gasteiger partial charge in [0, 0.05) is 12.2 Å². The van der Waals surface area contributed by atoms with Gasteiger partial charge in [-0.1, -0.05) is 81.3 Å². The lowest BCUT2D eigenvalue weighted by Crippen LogP contribution is -2.01. The molecule has 0 saturated carbocycles. The van der Waals surface area contributed by atoms with Gasteiger partial charge in [0.2, 0.25) is 0 Å². The molecule has 0 bridgehead atoms. The van der Waals surface area contributed by atoms with Crippen molar-refractivity contribution in [2.45, 2.75) is 32.6 Å². The van der Waals surface area contributed by atoms with Crippen LogP contribution in [0.5, 0.6) is 0 Å². The summed E-state index contributed by atoms with van der Waals surface area (Å²) in [4.78, 5) is 20.6. The molecule has 0 atom stereocenters. The van der Waals surface area contributed by atoms with Crippen molar-refractivity contribution in [2.24, 2.45) is 0 Å². The van der Waals surface area contributed by atoms with Crippen molar-refractivity contribution >= 4 is 18.0 Å². The Kier molecular flexibility index (Phi) is 13.6. The van der Waals surface area contributed by atoms with Crippen molar-refractivity contribution in [1.29, 1.82) is 0 Å². The Balaban J connectivity index is 0.000000449. The quantitative estimate of drug-likeness (QED) is 0.310. The van der Waals surface area contributed by atoms with Gasteiger partial charge in [-0.15, -0.1) is 0 Å². The fourth-order valence-electron chi connectivity index (χ4n) is 1.63. The predicted molar refractivity (Wildman–Crippen MR) is 97.5 cm³/mol. The normalized spacial score (nSPS) is 10.2. The molecule has 1 aromatic rings. The summed E-state index contributed by atoms with van der Waals surface area (Å²) in [6.45, 7) is 5.98. The molecule has 4 heteroatoms. The van der Waals surface area contributed by atoms with Gasteiger partial charge in [-0.3, -0.25) is 0 Å². The van der Waals surface area contributed by atoms with E-state index in [2.05, 4.69) is 13.5 Å². The molecule has 0 aliphatic carbocycles. The van der Waals surface area contributed by atoms with Crippen LogP contribution >= 0.6 is 0 Å². The van der Waals surface area contributed by atoms with Gasteiger partial charge in [0.05, 0.1) is 6.61 Å². The molecular weight excluding hydrogens is 304 g/mol. The lowest BCUT2D eigenvalue weighted by atomic mass is 10.2. The molecule has 0 aliphatic rings. The van der Waals surface area contributed by atoms with E-state index < -0.39 is 5.97 Å². The van der Waals surface area contributed by atoms with Gasteiger partial charge >= 0.3 is 11.9 Å².